The minimum Gasteiger partial charge on any atom is -0.494 e. The Morgan fingerprint density at radius 3 is 2.42 bits per heavy atom. The molecule has 2 aliphatic rings. The van der Waals surface area contributed by atoms with Gasteiger partial charge in [0.15, 0.2) is 0 Å². The van der Waals surface area contributed by atoms with Crippen LogP contribution in [0.1, 0.15) is 45.4 Å². The van der Waals surface area contributed by atoms with Gasteiger partial charge in [-0.3, -0.25) is 14.5 Å². The highest BCUT2D eigenvalue weighted by molar-refractivity contribution is 6.22. The van der Waals surface area contributed by atoms with Gasteiger partial charge in [-0.2, -0.15) is 0 Å². The fraction of sp³-hybridized carbons (Fsp3) is 0.579. The van der Waals surface area contributed by atoms with E-state index in [-0.39, 0.29) is 24.3 Å². The van der Waals surface area contributed by atoms with Crippen molar-refractivity contribution in [1.82, 2.24) is 4.90 Å². The third-order valence-electron chi connectivity index (χ3n) is 5.17. The number of imide groups is 1. The van der Waals surface area contributed by atoms with E-state index < -0.39 is 0 Å². The van der Waals surface area contributed by atoms with Gasteiger partial charge in [-0.25, -0.2) is 4.90 Å². The molecule has 2 amide bonds. The Kier molecular flexibility index (Phi) is 5.19. The minimum absolute atomic E-state index is 0.0998. The zero-order valence-corrected chi connectivity index (χ0v) is 14.5. The monoisotopic (exact) mass is 330 g/mol. The SMILES string of the molecule is CCOc1ccc(N2C(=O)C[C@@H](N(C)C3CCCCC3)C2=O)cc1. The summed E-state index contributed by atoms with van der Waals surface area (Å²) in [4.78, 5) is 28.7. The Morgan fingerprint density at radius 2 is 1.79 bits per heavy atom. The van der Waals surface area contributed by atoms with E-state index in [4.69, 9.17) is 4.74 Å². The molecular formula is C19H26N2O3. The molecule has 2 fully saturated rings. The van der Waals surface area contributed by atoms with Crippen LogP contribution in [0.25, 0.3) is 0 Å². The van der Waals surface area contributed by atoms with Crippen LogP contribution in [0.5, 0.6) is 5.75 Å². The molecule has 0 spiro atoms. The second kappa shape index (κ2) is 7.34. The van der Waals surface area contributed by atoms with Crippen molar-refractivity contribution in [1.29, 1.82) is 0 Å². The molecule has 1 aromatic rings. The van der Waals surface area contributed by atoms with Crippen LogP contribution >= 0.6 is 0 Å². The summed E-state index contributed by atoms with van der Waals surface area (Å²) in [6.07, 6.45) is 6.23. The maximum atomic E-state index is 12.8. The quantitative estimate of drug-likeness (QED) is 0.779. The number of ether oxygens (including phenoxy) is 1. The highest BCUT2D eigenvalue weighted by atomic mass is 16.5. The molecule has 1 saturated heterocycles. The Morgan fingerprint density at radius 1 is 1.12 bits per heavy atom. The van der Waals surface area contributed by atoms with Crippen molar-refractivity contribution in [3.8, 4) is 5.75 Å². The van der Waals surface area contributed by atoms with Gasteiger partial charge >= 0.3 is 0 Å². The van der Waals surface area contributed by atoms with Gasteiger partial charge in [0, 0.05) is 6.04 Å². The number of nitrogens with zero attached hydrogens (tertiary/aromatic N) is 2. The summed E-state index contributed by atoms with van der Waals surface area (Å²) >= 11 is 0. The molecule has 1 saturated carbocycles. The van der Waals surface area contributed by atoms with Crippen LogP contribution < -0.4 is 9.64 Å². The predicted molar refractivity (Wildman–Crippen MR) is 93.1 cm³/mol. The molecule has 0 aromatic heterocycles. The zero-order valence-electron chi connectivity index (χ0n) is 14.5. The number of likely N-dealkylation sites (N-methyl/N-ethyl adjacent to an activating group) is 1. The van der Waals surface area contributed by atoms with Crippen molar-refractivity contribution in [3.05, 3.63) is 24.3 Å². The van der Waals surface area contributed by atoms with Crippen molar-refractivity contribution in [3.63, 3.8) is 0 Å². The smallest absolute Gasteiger partial charge is 0.251 e. The van der Waals surface area contributed by atoms with Gasteiger partial charge in [-0.15, -0.1) is 0 Å². The van der Waals surface area contributed by atoms with Crippen molar-refractivity contribution < 1.29 is 14.3 Å². The Bertz CT molecular complexity index is 593. The standard InChI is InChI=1S/C19H26N2O3/c1-3-24-16-11-9-15(10-12-16)21-18(22)13-17(19(21)23)20(2)14-7-5-4-6-8-14/h9-12,14,17H,3-8,13H2,1-2H3/t17-/m1/s1. The van der Waals surface area contributed by atoms with E-state index in [0.717, 1.165) is 18.6 Å². The molecule has 5 nitrogen and oxygen atoms in total. The van der Waals surface area contributed by atoms with Crippen LogP contribution in [-0.2, 0) is 9.59 Å². The van der Waals surface area contributed by atoms with Crippen LogP contribution in [0.3, 0.4) is 0 Å². The molecule has 130 valence electrons. The molecule has 1 aliphatic heterocycles. The number of carbonyl (C=O) groups is 2. The molecule has 5 heteroatoms. The molecule has 0 bridgehead atoms. The van der Waals surface area contributed by atoms with Gasteiger partial charge < -0.3 is 4.74 Å². The molecule has 1 aromatic carbocycles. The lowest BCUT2D eigenvalue weighted by atomic mass is 9.93. The van der Waals surface area contributed by atoms with Gasteiger partial charge in [0.2, 0.25) is 5.91 Å². The average Bonchev–Trinajstić information content (AvgIpc) is 2.91. The third kappa shape index (κ3) is 3.31. The molecule has 3 rings (SSSR count). The van der Waals surface area contributed by atoms with Gasteiger partial charge in [-0.1, -0.05) is 19.3 Å². The summed E-state index contributed by atoms with van der Waals surface area (Å²) in [7, 11) is 1.99. The Balaban J connectivity index is 1.73. The molecule has 24 heavy (non-hydrogen) atoms. The van der Waals surface area contributed by atoms with Gasteiger partial charge in [0.05, 0.1) is 24.8 Å². The fourth-order valence-electron chi connectivity index (χ4n) is 3.81. The highest BCUT2D eigenvalue weighted by Crippen LogP contribution is 2.30. The third-order valence-corrected chi connectivity index (χ3v) is 5.17. The summed E-state index contributed by atoms with van der Waals surface area (Å²) in [6, 6.07) is 7.26. The lowest BCUT2D eigenvalue weighted by Crippen LogP contribution is -2.45. The number of rotatable bonds is 5. The summed E-state index contributed by atoms with van der Waals surface area (Å²) in [5, 5.41) is 0. The number of hydrogen-bond acceptors (Lipinski definition) is 4. The first-order valence-electron chi connectivity index (χ1n) is 8.93. The summed E-state index contributed by atoms with van der Waals surface area (Å²) in [5.74, 6) is 0.533. The summed E-state index contributed by atoms with van der Waals surface area (Å²) in [6.45, 7) is 2.52. The van der Waals surface area contributed by atoms with E-state index in [1.165, 1.54) is 24.2 Å². The van der Waals surface area contributed by atoms with E-state index in [9.17, 15) is 9.59 Å². The molecule has 1 aliphatic carbocycles. The number of amides is 2. The normalized spacial score (nSPS) is 22.5. The second-order valence-electron chi connectivity index (χ2n) is 6.67. The van der Waals surface area contributed by atoms with Crippen molar-refractivity contribution >= 4 is 17.5 Å². The molecule has 1 heterocycles. The van der Waals surface area contributed by atoms with Gasteiger partial charge in [0.1, 0.15) is 5.75 Å². The fourth-order valence-corrected chi connectivity index (χ4v) is 3.81. The number of anilines is 1. The molecule has 1 atom stereocenters. The average molecular weight is 330 g/mol. The maximum Gasteiger partial charge on any atom is 0.251 e. The molecule has 0 radical (unpaired) electrons. The second-order valence-corrected chi connectivity index (χ2v) is 6.67. The van der Waals surface area contributed by atoms with E-state index in [2.05, 4.69) is 4.90 Å². The van der Waals surface area contributed by atoms with Crippen LogP contribution in [-0.4, -0.2) is 42.5 Å². The zero-order chi connectivity index (χ0) is 17.1. The molecule has 0 unspecified atom stereocenters. The molecular weight excluding hydrogens is 304 g/mol. The van der Waals surface area contributed by atoms with E-state index >= 15 is 0 Å². The Hall–Kier alpha value is -1.88. The lowest BCUT2D eigenvalue weighted by molar-refractivity contribution is -0.123. The van der Waals surface area contributed by atoms with Crippen LogP contribution in [0.4, 0.5) is 5.69 Å². The first kappa shape index (κ1) is 17.0. The number of benzene rings is 1. The van der Waals surface area contributed by atoms with E-state index in [1.54, 1.807) is 24.3 Å². The number of hydrogen-bond donors (Lipinski definition) is 0. The lowest BCUT2D eigenvalue weighted by Gasteiger charge is -2.34. The van der Waals surface area contributed by atoms with E-state index in [0.29, 0.717) is 18.3 Å². The van der Waals surface area contributed by atoms with Crippen LogP contribution in [0.15, 0.2) is 24.3 Å². The predicted octanol–water partition coefficient (Wildman–Crippen LogP) is 2.98. The topological polar surface area (TPSA) is 49.9 Å². The largest absolute Gasteiger partial charge is 0.494 e. The van der Waals surface area contributed by atoms with Crippen molar-refractivity contribution in [2.45, 2.75) is 57.5 Å². The number of carbonyl (C=O) groups excluding carboxylic acids is 2. The molecule has 0 N–H and O–H groups in total. The van der Waals surface area contributed by atoms with Gasteiger partial charge in [-0.05, 0) is 51.1 Å². The van der Waals surface area contributed by atoms with Gasteiger partial charge in [0.25, 0.3) is 5.91 Å². The van der Waals surface area contributed by atoms with E-state index in [1.807, 2.05) is 14.0 Å². The maximum absolute atomic E-state index is 12.8. The van der Waals surface area contributed by atoms with Crippen molar-refractivity contribution in [2.24, 2.45) is 0 Å². The highest BCUT2D eigenvalue weighted by Gasteiger charge is 2.43. The minimum atomic E-state index is -0.327. The summed E-state index contributed by atoms with van der Waals surface area (Å²) in [5.41, 5.74) is 0.632. The summed E-state index contributed by atoms with van der Waals surface area (Å²) < 4.78 is 5.42. The van der Waals surface area contributed by atoms with Crippen molar-refractivity contribution in [2.75, 3.05) is 18.6 Å². The Labute approximate surface area is 143 Å². The van der Waals surface area contributed by atoms with Crippen LogP contribution in [0.2, 0.25) is 0 Å². The van der Waals surface area contributed by atoms with Crippen LogP contribution in [0, 0.1) is 0 Å². The first-order chi connectivity index (χ1) is 11.6. The first-order valence-corrected chi connectivity index (χ1v) is 8.93.